The molecule has 1 aromatic heterocycles. The first-order chi connectivity index (χ1) is 18.5. The Kier molecular flexibility index (Phi) is 8.88. The van der Waals surface area contributed by atoms with Gasteiger partial charge in [0.2, 0.25) is 0 Å². The molecule has 0 atom stereocenters. The lowest BCUT2D eigenvalue weighted by Crippen LogP contribution is -2.53. The lowest BCUT2D eigenvalue weighted by molar-refractivity contribution is -0.395. The Morgan fingerprint density at radius 3 is 2.46 bits per heavy atom. The Morgan fingerprint density at radius 2 is 1.82 bits per heavy atom. The third-order valence-corrected chi connectivity index (χ3v) is 7.28. The number of piperidine rings is 1. The predicted octanol–water partition coefficient (Wildman–Crippen LogP) is 3.86. The van der Waals surface area contributed by atoms with Gasteiger partial charge in [0.05, 0.1) is 30.6 Å². The number of thioether (sulfide) groups is 1. The van der Waals surface area contributed by atoms with E-state index < -0.39 is 18.8 Å². The first-order valence-corrected chi connectivity index (χ1v) is 13.5. The van der Waals surface area contributed by atoms with E-state index in [1.165, 1.54) is 4.57 Å². The normalized spacial score (nSPS) is 15.2. The highest BCUT2D eigenvalue weighted by Crippen LogP contribution is 2.32. The molecule has 2 heterocycles. The maximum atomic E-state index is 13.5. The molecular formula is C27H31F3N4O4S. The molecule has 0 aliphatic carbocycles. The summed E-state index contributed by atoms with van der Waals surface area (Å²) >= 11 is 1.59. The van der Waals surface area contributed by atoms with Gasteiger partial charge in [-0.15, -0.1) is 11.8 Å². The van der Waals surface area contributed by atoms with Crippen LogP contribution >= 0.6 is 11.8 Å². The number of ether oxygens (including phenoxy) is 1. The minimum Gasteiger partial charge on any atom is -0.495 e. The molecule has 3 aromatic rings. The van der Waals surface area contributed by atoms with E-state index in [1.807, 2.05) is 24.5 Å². The number of benzene rings is 2. The second-order valence-corrected chi connectivity index (χ2v) is 10.1. The number of rotatable bonds is 8. The van der Waals surface area contributed by atoms with Crippen molar-refractivity contribution in [2.24, 2.45) is 0 Å². The van der Waals surface area contributed by atoms with Crippen molar-refractivity contribution in [3.8, 4) is 17.6 Å². The highest BCUT2D eigenvalue weighted by molar-refractivity contribution is 7.98. The summed E-state index contributed by atoms with van der Waals surface area (Å²) in [7, 11) is 1.57. The van der Waals surface area contributed by atoms with E-state index >= 15 is 0 Å². The summed E-state index contributed by atoms with van der Waals surface area (Å²) in [4.78, 5) is 2.18. The summed E-state index contributed by atoms with van der Waals surface area (Å²) in [5.74, 6) is 6.48. The molecule has 8 nitrogen and oxygen atoms in total. The summed E-state index contributed by atoms with van der Waals surface area (Å²) in [6.07, 6.45) is -4.34. The van der Waals surface area contributed by atoms with Gasteiger partial charge in [0.25, 0.3) is 0 Å². The van der Waals surface area contributed by atoms with E-state index in [9.17, 15) is 28.5 Å². The summed E-state index contributed by atoms with van der Waals surface area (Å²) in [5, 5.41) is 35.3. The Labute approximate surface area is 228 Å². The Morgan fingerprint density at radius 1 is 1.08 bits per heavy atom. The Bertz CT molecular complexity index is 1350. The molecule has 1 saturated heterocycles. The van der Waals surface area contributed by atoms with Crippen LogP contribution in [0.25, 0.3) is 10.9 Å². The highest BCUT2D eigenvalue weighted by Gasteiger charge is 2.33. The average Bonchev–Trinajstić information content (AvgIpc) is 3.23. The van der Waals surface area contributed by atoms with Crippen LogP contribution in [0.3, 0.4) is 0 Å². The monoisotopic (exact) mass is 564 g/mol. The topological polar surface area (TPSA) is 102 Å². The molecule has 5 N–H and O–H groups in total. The minimum absolute atomic E-state index is 0.0635. The van der Waals surface area contributed by atoms with Gasteiger partial charge in [-0.1, -0.05) is 12.0 Å². The van der Waals surface area contributed by atoms with E-state index in [-0.39, 0.29) is 31.4 Å². The van der Waals surface area contributed by atoms with E-state index in [1.54, 1.807) is 43.1 Å². The Hall–Kier alpha value is -3.08. The zero-order valence-corrected chi connectivity index (χ0v) is 22.4. The molecule has 1 aliphatic heterocycles. The van der Waals surface area contributed by atoms with Crippen LogP contribution in [0.4, 0.5) is 24.5 Å². The van der Waals surface area contributed by atoms with Gasteiger partial charge in [-0.25, -0.2) is 4.90 Å². The van der Waals surface area contributed by atoms with Crippen molar-refractivity contribution in [1.82, 2.24) is 9.47 Å². The van der Waals surface area contributed by atoms with Crippen molar-refractivity contribution in [2.75, 3.05) is 43.6 Å². The SMILES string of the molecule is COc1cc(SC)ccc1NCC#Cc1cc2c(NC3CCN(C(O)(O)O)CC3)cccc2n1CC(F)(F)F. The smallest absolute Gasteiger partial charge is 0.406 e. The van der Waals surface area contributed by atoms with Gasteiger partial charge in [0.15, 0.2) is 0 Å². The molecule has 210 valence electrons. The number of aromatic nitrogens is 1. The van der Waals surface area contributed by atoms with Gasteiger partial charge < -0.3 is 35.3 Å². The third kappa shape index (κ3) is 7.32. The zero-order chi connectivity index (χ0) is 28.2. The van der Waals surface area contributed by atoms with Gasteiger partial charge >= 0.3 is 12.3 Å². The second-order valence-electron chi connectivity index (χ2n) is 9.20. The number of methoxy groups -OCH3 is 1. The number of likely N-dealkylation sites (tertiary alicyclic amines) is 1. The van der Waals surface area contributed by atoms with Gasteiger partial charge in [-0.2, -0.15) is 13.2 Å². The molecule has 1 aliphatic rings. The van der Waals surface area contributed by atoms with Crippen LogP contribution < -0.4 is 15.4 Å². The Balaban J connectivity index is 1.56. The van der Waals surface area contributed by atoms with Crippen molar-refractivity contribution in [1.29, 1.82) is 0 Å². The fraction of sp³-hybridized carbons (Fsp3) is 0.407. The number of alkyl halides is 3. The van der Waals surface area contributed by atoms with Gasteiger partial charge in [-0.05, 0) is 61.4 Å². The van der Waals surface area contributed by atoms with Crippen LogP contribution in [-0.4, -0.2) is 76.1 Å². The summed E-state index contributed by atoms with van der Waals surface area (Å²) in [6, 6.07) is 12.4. The molecule has 0 radical (unpaired) electrons. The van der Waals surface area contributed by atoms with Crippen LogP contribution in [0.15, 0.2) is 47.4 Å². The summed E-state index contributed by atoms with van der Waals surface area (Å²) in [5.41, 5.74) is 2.04. The third-order valence-electron chi connectivity index (χ3n) is 6.55. The molecule has 2 aromatic carbocycles. The average molecular weight is 565 g/mol. The maximum Gasteiger partial charge on any atom is 0.406 e. The number of halogens is 3. The molecule has 0 bridgehead atoms. The molecule has 39 heavy (non-hydrogen) atoms. The van der Waals surface area contributed by atoms with Crippen molar-refractivity contribution in [2.45, 2.75) is 42.6 Å². The standard InChI is InChI=1S/C27H31F3N4O4S/c1-38-25-16-20(39-2)8-9-23(25)31-12-4-5-19-15-21-22(6-3-7-24(21)34(19)17-26(28,29)30)32-18-10-13-33(14-11-18)27(35,36)37/h3,6-9,15-16,18,31-32,35-37H,10-14,17H2,1-2H3. The van der Waals surface area contributed by atoms with Crippen LogP contribution in [0.2, 0.25) is 0 Å². The number of anilines is 2. The summed E-state index contributed by atoms with van der Waals surface area (Å²) < 4.78 is 47.1. The number of aliphatic hydroxyl groups is 3. The van der Waals surface area contributed by atoms with Gasteiger partial charge in [0.1, 0.15) is 12.3 Å². The van der Waals surface area contributed by atoms with Crippen molar-refractivity contribution < 1.29 is 33.2 Å². The van der Waals surface area contributed by atoms with E-state index in [0.717, 1.165) is 15.5 Å². The first kappa shape index (κ1) is 28.9. The molecular weight excluding hydrogens is 533 g/mol. The second kappa shape index (κ2) is 12.0. The van der Waals surface area contributed by atoms with Gasteiger partial charge in [-0.3, -0.25) is 0 Å². The largest absolute Gasteiger partial charge is 0.495 e. The first-order valence-electron chi connectivity index (χ1n) is 12.3. The number of hydrogen-bond donors (Lipinski definition) is 5. The maximum absolute atomic E-state index is 13.5. The molecule has 1 fully saturated rings. The molecule has 0 unspecified atom stereocenters. The van der Waals surface area contributed by atoms with Crippen LogP contribution in [0.5, 0.6) is 5.75 Å². The predicted molar refractivity (Wildman–Crippen MR) is 146 cm³/mol. The molecule has 0 amide bonds. The van der Waals surface area contributed by atoms with Crippen LogP contribution in [0.1, 0.15) is 18.5 Å². The molecule has 12 heteroatoms. The quantitative estimate of drug-likeness (QED) is 0.160. The van der Waals surface area contributed by atoms with Gasteiger partial charge in [0, 0.05) is 35.1 Å². The molecule has 4 rings (SSSR count). The van der Waals surface area contributed by atoms with E-state index in [0.29, 0.717) is 35.2 Å². The lowest BCUT2D eigenvalue weighted by Gasteiger charge is -2.36. The number of nitrogens with zero attached hydrogens (tertiary/aromatic N) is 2. The summed E-state index contributed by atoms with van der Waals surface area (Å²) in [6.45, 7) is -0.499. The van der Waals surface area contributed by atoms with E-state index in [2.05, 4.69) is 22.5 Å². The number of nitrogens with one attached hydrogen (secondary N) is 2. The molecule has 0 spiro atoms. The minimum atomic E-state index is -4.44. The fourth-order valence-electron chi connectivity index (χ4n) is 4.63. The molecule has 0 saturated carbocycles. The van der Waals surface area contributed by atoms with Crippen LogP contribution in [-0.2, 0) is 6.54 Å². The lowest BCUT2D eigenvalue weighted by atomic mass is 10.0. The fourth-order valence-corrected chi connectivity index (χ4v) is 5.06. The van der Waals surface area contributed by atoms with E-state index in [4.69, 9.17) is 4.74 Å². The number of fused-ring (bicyclic) bond motifs is 1. The van der Waals surface area contributed by atoms with Crippen molar-refractivity contribution in [3.05, 3.63) is 48.2 Å². The van der Waals surface area contributed by atoms with Crippen molar-refractivity contribution in [3.63, 3.8) is 0 Å². The highest BCUT2D eigenvalue weighted by atomic mass is 32.2. The number of hydrogen-bond acceptors (Lipinski definition) is 8. The zero-order valence-electron chi connectivity index (χ0n) is 21.5. The van der Waals surface area contributed by atoms with Crippen molar-refractivity contribution >= 4 is 34.0 Å². The van der Waals surface area contributed by atoms with Crippen LogP contribution in [0, 0.1) is 11.8 Å².